The van der Waals surface area contributed by atoms with E-state index < -0.39 is 0 Å². The molecule has 0 bridgehead atoms. The first-order valence-electron chi connectivity index (χ1n) is 4.38. The Balaban J connectivity index is 2.08. The van der Waals surface area contributed by atoms with E-state index in [1.54, 1.807) is 0 Å². The lowest BCUT2D eigenvalue weighted by molar-refractivity contribution is -0.130. The third-order valence-corrected chi connectivity index (χ3v) is 3.76. The van der Waals surface area contributed by atoms with Gasteiger partial charge in [0.1, 0.15) is 0 Å². The number of hydrogen-bond donors (Lipinski definition) is 1. The molecule has 1 amide bonds. The number of carbonyl (C=O) groups is 1. The Kier molecular flexibility index (Phi) is 2.28. The van der Waals surface area contributed by atoms with E-state index in [0.29, 0.717) is 11.9 Å². The van der Waals surface area contributed by atoms with Gasteiger partial charge in [0.2, 0.25) is 5.91 Å². The molecule has 4 heteroatoms. The Hall–Kier alpha value is -0.220. The summed E-state index contributed by atoms with van der Waals surface area (Å²) in [5.41, 5.74) is 0. The maximum absolute atomic E-state index is 11.6. The van der Waals surface area contributed by atoms with Gasteiger partial charge in [0, 0.05) is 24.1 Å². The van der Waals surface area contributed by atoms with Crippen molar-refractivity contribution >= 4 is 17.7 Å². The number of thioether (sulfide) groups is 1. The number of likely N-dealkylation sites (N-methyl/N-ethyl adjacent to an activating group) is 1. The molecular weight excluding hydrogens is 172 g/mol. The van der Waals surface area contributed by atoms with E-state index >= 15 is 0 Å². The third kappa shape index (κ3) is 1.23. The van der Waals surface area contributed by atoms with Crippen LogP contribution in [0.25, 0.3) is 0 Å². The molecule has 2 saturated heterocycles. The number of fused-ring (bicyclic) bond motifs is 1. The van der Waals surface area contributed by atoms with Crippen LogP contribution in [-0.4, -0.2) is 48.0 Å². The molecule has 1 N–H and O–H groups in total. The lowest BCUT2D eigenvalue weighted by Crippen LogP contribution is -2.42. The molecule has 0 aliphatic carbocycles. The molecular formula is C8H14N2OS. The SMILES string of the molecule is CNC1CC2CSCCN2C1=O. The van der Waals surface area contributed by atoms with Crippen LogP contribution in [-0.2, 0) is 4.79 Å². The van der Waals surface area contributed by atoms with Crippen molar-refractivity contribution in [1.29, 1.82) is 0 Å². The summed E-state index contributed by atoms with van der Waals surface area (Å²) in [4.78, 5) is 13.7. The number of rotatable bonds is 1. The van der Waals surface area contributed by atoms with E-state index in [0.717, 1.165) is 24.5 Å². The highest BCUT2D eigenvalue weighted by molar-refractivity contribution is 7.99. The Morgan fingerprint density at radius 1 is 1.67 bits per heavy atom. The molecule has 2 aliphatic rings. The van der Waals surface area contributed by atoms with E-state index in [9.17, 15) is 4.79 Å². The normalized spacial score (nSPS) is 35.4. The third-order valence-electron chi connectivity index (χ3n) is 2.66. The molecule has 2 aliphatic heterocycles. The Morgan fingerprint density at radius 3 is 3.17 bits per heavy atom. The van der Waals surface area contributed by atoms with Gasteiger partial charge in [-0.2, -0.15) is 11.8 Å². The summed E-state index contributed by atoms with van der Waals surface area (Å²) in [7, 11) is 1.87. The van der Waals surface area contributed by atoms with Gasteiger partial charge >= 0.3 is 0 Å². The summed E-state index contributed by atoms with van der Waals surface area (Å²) >= 11 is 1.96. The van der Waals surface area contributed by atoms with E-state index in [1.165, 1.54) is 0 Å². The maximum atomic E-state index is 11.6. The smallest absolute Gasteiger partial charge is 0.240 e. The maximum Gasteiger partial charge on any atom is 0.240 e. The molecule has 2 rings (SSSR count). The molecule has 0 radical (unpaired) electrons. The van der Waals surface area contributed by atoms with E-state index in [1.807, 2.05) is 23.7 Å². The first-order valence-corrected chi connectivity index (χ1v) is 5.54. The zero-order valence-corrected chi connectivity index (χ0v) is 8.06. The average molecular weight is 186 g/mol. The second-order valence-electron chi connectivity index (χ2n) is 3.34. The summed E-state index contributed by atoms with van der Waals surface area (Å²) in [6.45, 7) is 0.951. The van der Waals surface area contributed by atoms with Crippen LogP contribution in [0.1, 0.15) is 6.42 Å². The first kappa shape index (κ1) is 8.38. The van der Waals surface area contributed by atoms with Gasteiger partial charge < -0.3 is 10.2 Å². The fraction of sp³-hybridized carbons (Fsp3) is 0.875. The molecule has 2 heterocycles. The minimum atomic E-state index is 0.0914. The van der Waals surface area contributed by atoms with Gasteiger partial charge in [-0.05, 0) is 13.5 Å². The highest BCUT2D eigenvalue weighted by Crippen LogP contribution is 2.26. The van der Waals surface area contributed by atoms with Crippen molar-refractivity contribution in [1.82, 2.24) is 10.2 Å². The van der Waals surface area contributed by atoms with Crippen LogP contribution >= 0.6 is 11.8 Å². The molecule has 0 aromatic heterocycles. The minimum Gasteiger partial charge on any atom is -0.337 e. The summed E-state index contributed by atoms with van der Waals surface area (Å²) in [5.74, 6) is 2.55. The molecule has 3 nitrogen and oxygen atoms in total. The Labute approximate surface area is 76.9 Å². The van der Waals surface area contributed by atoms with Crippen molar-refractivity contribution in [3.8, 4) is 0 Å². The highest BCUT2D eigenvalue weighted by Gasteiger charge is 2.39. The minimum absolute atomic E-state index is 0.0914. The van der Waals surface area contributed by atoms with E-state index in [4.69, 9.17) is 0 Å². The molecule has 0 spiro atoms. The summed E-state index contributed by atoms with van der Waals surface area (Å²) < 4.78 is 0. The number of amides is 1. The van der Waals surface area contributed by atoms with Crippen LogP contribution in [0, 0.1) is 0 Å². The average Bonchev–Trinajstić information content (AvgIpc) is 2.44. The number of nitrogens with zero attached hydrogens (tertiary/aromatic N) is 1. The highest BCUT2D eigenvalue weighted by atomic mass is 32.2. The van der Waals surface area contributed by atoms with Gasteiger partial charge in [0.15, 0.2) is 0 Å². The zero-order chi connectivity index (χ0) is 8.55. The van der Waals surface area contributed by atoms with Crippen molar-refractivity contribution in [3.05, 3.63) is 0 Å². The van der Waals surface area contributed by atoms with Crippen molar-refractivity contribution < 1.29 is 4.79 Å². The number of carbonyl (C=O) groups excluding carboxylic acids is 1. The Bertz CT molecular complexity index is 197. The second-order valence-corrected chi connectivity index (χ2v) is 4.49. The van der Waals surface area contributed by atoms with Gasteiger partial charge in [0.05, 0.1) is 6.04 Å². The molecule has 0 aromatic rings. The predicted octanol–water partition coefficient (Wildman–Crippen LogP) is -0.0779. The van der Waals surface area contributed by atoms with Crippen LogP contribution < -0.4 is 5.32 Å². The van der Waals surface area contributed by atoms with Crippen LogP contribution in [0.4, 0.5) is 0 Å². The van der Waals surface area contributed by atoms with Crippen molar-refractivity contribution in [2.75, 3.05) is 25.1 Å². The quantitative estimate of drug-likeness (QED) is 0.622. The van der Waals surface area contributed by atoms with Gasteiger partial charge in [-0.3, -0.25) is 4.79 Å². The molecule has 2 fully saturated rings. The molecule has 2 atom stereocenters. The summed E-state index contributed by atoms with van der Waals surface area (Å²) in [6, 6.07) is 0.599. The lowest BCUT2D eigenvalue weighted by atomic mass is 10.2. The standard InChI is InChI=1S/C8H14N2OS/c1-9-7-4-6-5-12-3-2-10(6)8(7)11/h6-7,9H,2-5H2,1H3. The zero-order valence-electron chi connectivity index (χ0n) is 7.25. The molecule has 68 valence electrons. The van der Waals surface area contributed by atoms with Crippen LogP contribution in [0.3, 0.4) is 0 Å². The van der Waals surface area contributed by atoms with Crippen molar-refractivity contribution in [2.45, 2.75) is 18.5 Å². The van der Waals surface area contributed by atoms with Crippen molar-refractivity contribution in [3.63, 3.8) is 0 Å². The number of nitrogens with one attached hydrogen (secondary N) is 1. The summed E-state index contributed by atoms with van der Waals surface area (Å²) in [6.07, 6.45) is 1.00. The lowest BCUT2D eigenvalue weighted by Gasteiger charge is -2.28. The predicted molar refractivity (Wildman–Crippen MR) is 50.3 cm³/mol. The number of hydrogen-bond acceptors (Lipinski definition) is 3. The molecule has 0 saturated carbocycles. The van der Waals surface area contributed by atoms with Crippen LogP contribution in [0.15, 0.2) is 0 Å². The van der Waals surface area contributed by atoms with Gasteiger partial charge in [0.25, 0.3) is 0 Å². The second kappa shape index (κ2) is 3.26. The fourth-order valence-corrected chi connectivity index (χ4v) is 3.04. The molecule has 12 heavy (non-hydrogen) atoms. The van der Waals surface area contributed by atoms with E-state index in [-0.39, 0.29) is 6.04 Å². The van der Waals surface area contributed by atoms with Gasteiger partial charge in [-0.25, -0.2) is 0 Å². The van der Waals surface area contributed by atoms with Gasteiger partial charge in [-0.1, -0.05) is 0 Å². The summed E-state index contributed by atoms with van der Waals surface area (Å²) in [5, 5.41) is 3.07. The molecule has 0 aromatic carbocycles. The largest absolute Gasteiger partial charge is 0.337 e. The van der Waals surface area contributed by atoms with Gasteiger partial charge in [-0.15, -0.1) is 0 Å². The first-order chi connectivity index (χ1) is 5.83. The Morgan fingerprint density at radius 2 is 2.50 bits per heavy atom. The van der Waals surface area contributed by atoms with E-state index in [2.05, 4.69) is 5.32 Å². The topological polar surface area (TPSA) is 32.3 Å². The van der Waals surface area contributed by atoms with Crippen molar-refractivity contribution in [2.24, 2.45) is 0 Å². The molecule has 2 unspecified atom stereocenters. The monoisotopic (exact) mass is 186 g/mol. The van der Waals surface area contributed by atoms with Crippen LogP contribution in [0.5, 0.6) is 0 Å². The fourth-order valence-electron chi connectivity index (χ4n) is 1.95. The van der Waals surface area contributed by atoms with Crippen LogP contribution in [0.2, 0.25) is 0 Å².